The molecule has 0 radical (unpaired) electrons. The average molecular weight is 468 g/mol. The molecule has 0 fully saturated rings. The second kappa shape index (κ2) is 13.8. The molecule has 33 heavy (non-hydrogen) atoms. The van der Waals surface area contributed by atoms with E-state index in [-0.39, 0.29) is 12.8 Å². The van der Waals surface area contributed by atoms with Crippen LogP contribution in [0.15, 0.2) is 30.3 Å². The van der Waals surface area contributed by atoms with Crippen LogP contribution >= 0.6 is 0 Å². The Hall–Kier alpha value is -3.55. The van der Waals surface area contributed by atoms with Crippen molar-refractivity contribution in [1.29, 1.82) is 0 Å². The number of carbonyl (C=O) groups is 5. The maximum Gasteiger partial charge on any atom is 0.328 e. The first kappa shape index (κ1) is 27.5. The van der Waals surface area contributed by atoms with Crippen molar-refractivity contribution < 1.29 is 44.4 Å². The molecule has 0 aliphatic heterocycles. The lowest BCUT2D eigenvalue weighted by Gasteiger charge is -2.24. The van der Waals surface area contributed by atoms with E-state index >= 15 is 0 Å². The third-order valence-electron chi connectivity index (χ3n) is 4.53. The molecule has 0 saturated heterocycles. The molecule has 0 aliphatic rings. The molecule has 3 amide bonds. The molecule has 182 valence electrons. The lowest BCUT2D eigenvalue weighted by molar-refractivity contribution is -0.143. The number of benzene rings is 1. The minimum absolute atomic E-state index is 0.0636. The van der Waals surface area contributed by atoms with Crippen molar-refractivity contribution in [1.82, 2.24) is 16.0 Å². The highest BCUT2D eigenvalue weighted by molar-refractivity contribution is 5.94. The Kier molecular flexibility index (Phi) is 11.5. The van der Waals surface area contributed by atoms with E-state index in [2.05, 4.69) is 16.0 Å². The zero-order valence-corrected chi connectivity index (χ0v) is 17.6. The molecule has 4 unspecified atom stereocenters. The molecule has 0 aliphatic carbocycles. The maximum atomic E-state index is 12.8. The van der Waals surface area contributed by atoms with Gasteiger partial charge >= 0.3 is 11.9 Å². The van der Waals surface area contributed by atoms with Gasteiger partial charge in [0.25, 0.3) is 0 Å². The summed E-state index contributed by atoms with van der Waals surface area (Å²) in [5.74, 6) is -5.46. The fourth-order valence-electron chi connectivity index (χ4n) is 2.69. The van der Waals surface area contributed by atoms with E-state index in [0.29, 0.717) is 5.56 Å². The Morgan fingerprint density at radius 2 is 1.33 bits per heavy atom. The van der Waals surface area contributed by atoms with Gasteiger partial charge in [0, 0.05) is 12.8 Å². The Morgan fingerprint density at radius 3 is 1.85 bits per heavy atom. The van der Waals surface area contributed by atoms with Crippen LogP contribution in [0, 0.1) is 0 Å². The summed E-state index contributed by atoms with van der Waals surface area (Å²) in [4.78, 5) is 59.6. The van der Waals surface area contributed by atoms with Crippen molar-refractivity contribution in [2.45, 2.75) is 43.4 Å². The molecule has 4 atom stereocenters. The zero-order chi connectivity index (χ0) is 25.0. The van der Waals surface area contributed by atoms with E-state index in [9.17, 15) is 24.0 Å². The molecule has 13 nitrogen and oxygen atoms in total. The Bertz CT molecular complexity index is 834. The highest BCUT2D eigenvalue weighted by Crippen LogP contribution is 2.06. The van der Waals surface area contributed by atoms with Crippen molar-refractivity contribution in [3.05, 3.63) is 35.9 Å². The standard InChI is InChI=1S/C20H28N4O9/c21-12(9-25)17(29)22-13(6-7-16(27)28)18(30)23-14(8-11-4-2-1-3-5-11)19(31)24-15(10-26)20(32)33/h1-5,12-15,25-26H,6-10,21H2,(H,22,29)(H,23,30)(H,24,31)(H,27,28)(H,32,33). The molecule has 0 heterocycles. The van der Waals surface area contributed by atoms with E-state index in [1.165, 1.54) is 0 Å². The van der Waals surface area contributed by atoms with Crippen LogP contribution in [0.2, 0.25) is 0 Å². The number of hydrogen-bond donors (Lipinski definition) is 8. The predicted molar refractivity (Wildman–Crippen MR) is 113 cm³/mol. The van der Waals surface area contributed by atoms with Gasteiger partial charge in [0.05, 0.1) is 13.2 Å². The third kappa shape index (κ3) is 9.64. The largest absolute Gasteiger partial charge is 0.481 e. The van der Waals surface area contributed by atoms with E-state index in [1.54, 1.807) is 30.3 Å². The van der Waals surface area contributed by atoms with Crippen molar-refractivity contribution in [3.63, 3.8) is 0 Å². The molecule has 13 heteroatoms. The number of aliphatic hydroxyl groups is 2. The monoisotopic (exact) mass is 468 g/mol. The summed E-state index contributed by atoms with van der Waals surface area (Å²) < 4.78 is 0. The van der Waals surface area contributed by atoms with Crippen LogP contribution in [-0.4, -0.2) is 87.5 Å². The van der Waals surface area contributed by atoms with Gasteiger partial charge in [0.1, 0.15) is 24.2 Å². The van der Waals surface area contributed by atoms with Crippen LogP contribution in [0.3, 0.4) is 0 Å². The van der Waals surface area contributed by atoms with Crippen molar-refractivity contribution in [3.8, 4) is 0 Å². The van der Waals surface area contributed by atoms with Gasteiger partial charge in [-0.05, 0) is 12.0 Å². The summed E-state index contributed by atoms with van der Waals surface area (Å²) in [5.41, 5.74) is 6.03. The summed E-state index contributed by atoms with van der Waals surface area (Å²) in [5, 5.41) is 42.9. The normalized spacial score (nSPS) is 14.3. The Labute approximate surface area is 189 Å². The van der Waals surface area contributed by atoms with E-state index in [4.69, 9.17) is 26.2 Å². The number of carboxylic acid groups (broad SMARTS) is 2. The van der Waals surface area contributed by atoms with Gasteiger partial charge in [-0.2, -0.15) is 0 Å². The van der Waals surface area contributed by atoms with E-state index in [0.717, 1.165) is 0 Å². The molecule has 0 aromatic heterocycles. The highest BCUT2D eigenvalue weighted by Gasteiger charge is 2.30. The van der Waals surface area contributed by atoms with Gasteiger partial charge in [0.2, 0.25) is 17.7 Å². The number of nitrogens with one attached hydrogen (secondary N) is 3. The molecular formula is C20H28N4O9. The average Bonchev–Trinajstić information content (AvgIpc) is 2.78. The number of amides is 3. The summed E-state index contributed by atoms with van der Waals surface area (Å²) in [6.45, 7) is -1.60. The van der Waals surface area contributed by atoms with Crippen LogP contribution in [0.25, 0.3) is 0 Å². The molecule has 1 aromatic carbocycles. The molecule has 0 saturated carbocycles. The minimum Gasteiger partial charge on any atom is -0.481 e. The van der Waals surface area contributed by atoms with Gasteiger partial charge in [-0.25, -0.2) is 4.79 Å². The smallest absolute Gasteiger partial charge is 0.328 e. The third-order valence-corrected chi connectivity index (χ3v) is 4.53. The quantitative estimate of drug-likeness (QED) is 0.137. The molecule has 9 N–H and O–H groups in total. The van der Waals surface area contributed by atoms with E-state index < -0.39 is 73.5 Å². The highest BCUT2D eigenvalue weighted by atomic mass is 16.4. The Balaban J connectivity index is 3.08. The number of carboxylic acids is 2. The van der Waals surface area contributed by atoms with Crippen molar-refractivity contribution in [2.75, 3.05) is 13.2 Å². The minimum atomic E-state index is -1.61. The number of hydrogen-bond acceptors (Lipinski definition) is 8. The van der Waals surface area contributed by atoms with Gasteiger partial charge in [0.15, 0.2) is 0 Å². The van der Waals surface area contributed by atoms with Crippen molar-refractivity contribution >= 4 is 29.7 Å². The molecule has 0 spiro atoms. The summed E-state index contributed by atoms with van der Waals surface area (Å²) in [6.07, 6.45) is -0.890. The fourth-order valence-corrected chi connectivity index (χ4v) is 2.69. The van der Waals surface area contributed by atoms with Gasteiger partial charge in [-0.15, -0.1) is 0 Å². The summed E-state index contributed by atoms with van der Waals surface area (Å²) in [6, 6.07) is 2.75. The summed E-state index contributed by atoms with van der Waals surface area (Å²) in [7, 11) is 0. The Morgan fingerprint density at radius 1 is 0.788 bits per heavy atom. The number of rotatable bonds is 14. The number of carbonyl (C=O) groups excluding carboxylic acids is 3. The predicted octanol–water partition coefficient (Wildman–Crippen LogP) is -3.06. The first-order valence-corrected chi connectivity index (χ1v) is 9.96. The van der Waals surface area contributed by atoms with Gasteiger partial charge < -0.3 is 42.1 Å². The van der Waals surface area contributed by atoms with Crippen LogP contribution in [0.5, 0.6) is 0 Å². The zero-order valence-electron chi connectivity index (χ0n) is 17.6. The first-order valence-electron chi connectivity index (χ1n) is 9.96. The van der Waals surface area contributed by atoms with Gasteiger partial charge in [-0.1, -0.05) is 30.3 Å². The van der Waals surface area contributed by atoms with Crippen LogP contribution in [0.1, 0.15) is 18.4 Å². The lowest BCUT2D eigenvalue weighted by Crippen LogP contribution is -2.58. The summed E-state index contributed by atoms with van der Waals surface area (Å²) >= 11 is 0. The molecular weight excluding hydrogens is 440 g/mol. The van der Waals surface area contributed by atoms with Crippen LogP contribution in [0.4, 0.5) is 0 Å². The van der Waals surface area contributed by atoms with Crippen molar-refractivity contribution in [2.24, 2.45) is 5.73 Å². The molecule has 1 aromatic rings. The van der Waals surface area contributed by atoms with E-state index in [1.807, 2.05) is 0 Å². The number of aliphatic hydroxyl groups excluding tert-OH is 2. The second-order valence-corrected chi connectivity index (χ2v) is 7.12. The van der Waals surface area contributed by atoms with Crippen LogP contribution < -0.4 is 21.7 Å². The molecule has 0 bridgehead atoms. The van der Waals surface area contributed by atoms with Gasteiger partial charge in [-0.3, -0.25) is 19.2 Å². The number of aliphatic carboxylic acids is 2. The second-order valence-electron chi connectivity index (χ2n) is 7.12. The first-order chi connectivity index (χ1) is 15.6. The molecule has 1 rings (SSSR count). The topological polar surface area (TPSA) is 228 Å². The SMILES string of the molecule is NC(CO)C(=O)NC(CCC(=O)O)C(=O)NC(Cc1ccccc1)C(=O)NC(CO)C(=O)O. The lowest BCUT2D eigenvalue weighted by atomic mass is 10.0. The maximum absolute atomic E-state index is 12.8. The van der Waals surface area contributed by atoms with Crippen LogP contribution in [-0.2, 0) is 30.4 Å². The fraction of sp³-hybridized carbons (Fsp3) is 0.450. The number of nitrogens with two attached hydrogens (primary N) is 1.